The first-order valence-electron chi connectivity index (χ1n) is 11.2. The maximum Gasteiger partial charge on any atom is 0.326 e. The van der Waals surface area contributed by atoms with E-state index in [-0.39, 0.29) is 5.69 Å². The molecule has 160 valence electrons. The number of rotatable bonds is 6. The fraction of sp³-hybridized carbons (Fsp3) is 0.375. The van der Waals surface area contributed by atoms with Crippen molar-refractivity contribution in [3.8, 4) is 0 Å². The predicted molar refractivity (Wildman–Crippen MR) is 126 cm³/mol. The van der Waals surface area contributed by atoms with Gasteiger partial charge in [0, 0.05) is 30.2 Å². The average molecular weight is 417 g/mol. The van der Waals surface area contributed by atoms with Gasteiger partial charge in [-0.1, -0.05) is 37.5 Å². The zero-order valence-corrected chi connectivity index (χ0v) is 17.8. The van der Waals surface area contributed by atoms with Crippen LogP contribution in [0.25, 0.3) is 21.9 Å². The molecule has 0 spiro atoms. The first kappa shape index (κ1) is 19.6. The molecule has 1 fully saturated rings. The van der Waals surface area contributed by atoms with E-state index in [1.807, 2.05) is 19.1 Å². The van der Waals surface area contributed by atoms with Crippen molar-refractivity contribution in [2.24, 2.45) is 0 Å². The third-order valence-corrected chi connectivity index (χ3v) is 6.28. The minimum absolute atomic E-state index is 0.0991. The van der Waals surface area contributed by atoms with Crippen LogP contribution in [0.15, 0.2) is 47.5 Å². The summed E-state index contributed by atoms with van der Waals surface area (Å²) in [6.07, 6.45) is 8.02. The third kappa shape index (κ3) is 3.87. The molecule has 0 amide bonds. The molecule has 2 heterocycles. The molecule has 0 saturated heterocycles. The molecule has 0 radical (unpaired) electrons. The van der Waals surface area contributed by atoms with E-state index in [0.29, 0.717) is 19.1 Å². The van der Waals surface area contributed by atoms with Gasteiger partial charge in [0.05, 0.1) is 16.6 Å². The summed E-state index contributed by atoms with van der Waals surface area (Å²) in [6, 6.07) is 12.9. The molecular weight excluding hydrogens is 388 g/mol. The Morgan fingerprint density at radius 2 is 1.97 bits per heavy atom. The maximum absolute atomic E-state index is 12.2. The van der Waals surface area contributed by atoms with E-state index in [0.717, 1.165) is 27.8 Å². The van der Waals surface area contributed by atoms with Crippen LogP contribution in [0.3, 0.4) is 0 Å². The van der Waals surface area contributed by atoms with Crippen LogP contribution >= 0.6 is 0 Å². The lowest BCUT2D eigenvalue weighted by atomic mass is 9.95. The minimum Gasteiger partial charge on any atom is -0.382 e. The molecule has 1 saturated carbocycles. The van der Waals surface area contributed by atoms with Gasteiger partial charge in [-0.3, -0.25) is 4.57 Å². The van der Waals surface area contributed by atoms with Gasteiger partial charge in [-0.15, -0.1) is 0 Å². The Kier molecular flexibility index (Phi) is 5.32. The molecule has 7 heteroatoms. The quantitative estimate of drug-likeness (QED) is 0.426. The Hall–Kier alpha value is -3.35. The highest BCUT2D eigenvalue weighted by Crippen LogP contribution is 2.27. The fourth-order valence-electron chi connectivity index (χ4n) is 4.62. The van der Waals surface area contributed by atoms with Crippen molar-refractivity contribution in [1.82, 2.24) is 19.5 Å². The molecule has 2 aromatic heterocycles. The Balaban J connectivity index is 1.42. The fourth-order valence-corrected chi connectivity index (χ4v) is 4.62. The lowest BCUT2D eigenvalue weighted by molar-refractivity contribution is 0.462. The molecule has 0 atom stereocenters. The van der Waals surface area contributed by atoms with Crippen LogP contribution < -0.4 is 16.3 Å². The zero-order chi connectivity index (χ0) is 21.2. The number of fused-ring (bicyclic) bond motifs is 2. The second kappa shape index (κ2) is 8.41. The van der Waals surface area contributed by atoms with E-state index in [2.05, 4.69) is 49.9 Å². The number of aryl methyl sites for hydroxylation is 1. The van der Waals surface area contributed by atoms with Gasteiger partial charge in [-0.05, 0) is 43.5 Å². The molecule has 0 bridgehead atoms. The van der Waals surface area contributed by atoms with Gasteiger partial charge in [0.15, 0.2) is 0 Å². The van der Waals surface area contributed by atoms with E-state index in [4.69, 9.17) is 0 Å². The number of imidazole rings is 1. The number of hydrogen-bond donors (Lipinski definition) is 3. The van der Waals surface area contributed by atoms with E-state index < -0.39 is 0 Å². The van der Waals surface area contributed by atoms with Crippen LogP contribution in [0, 0.1) is 0 Å². The van der Waals surface area contributed by atoms with Crippen molar-refractivity contribution in [2.75, 3.05) is 10.6 Å². The van der Waals surface area contributed by atoms with Crippen LogP contribution in [-0.2, 0) is 13.1 Å². The Bertz CT molecular complexity index is 1270. The Morgan fingerprint density at radius 1 is 1.13 bits per heavy atom. The SMILES string of the molecule is CCn1c(=O)[nH]c2cc3c(NCc4ccccc4NC4CCCCC4)ncnc3cc21. The van der Waals surface area contributed by atoms with Gasteiger partial charge in [0.25, 0.3) is 0 Å². The summed E-state index contributed by atoms with van der Waals surface area (Å²) in [6.45, 7) is 3.24. The number of anilines is 2. The summed E-state index contributed by atoms with van der Waals surface area (Å²) < 4.78 is 1.72. The molecule has 0 aliphatic heterocycles. The number of hydrogen-bond acceptors (Lipinski definition) is 5. The predicted octanol–water partition coefficient (Wildman–Crippen LogP) is 4.65. The van der Waals surface area contributed by atoms with Crippen molar-refractivity contribution in [2.45, 2.75) is 58.2 Å². The normalized spacial score (nSPS) is 14.9. The minimum atomic E-state index is -0.0991. The molecule has 0 unspecified atom stereocenters. The number of aromatic nitrogens is 4. The molecule has 4 aromatic rings. The van der Waals surface area contributed by atoms with Crippen molar-refractivity contribution in [1.29, 1.82) is 0 Å². The lowest BCUT2D eigenvalue weighted by Crippen LogP contribution is -2.23. The number of para-hydroxylation sites is 1. The second-order valence-corrected chi connectivity index (χ2v) is 8.27. The standard InChI is InChI=1S/C24H28N6O/c1-2-30-22-13-20-18(12-21(22)29-24(30)31)23(27-15-26-20)25-14-16-8-6-7-11-19(16)28-17-9-4-3-5-10-17/h6-8,11-13,15,17,28H,2-5,9-10,14H2,1H3,(H,29,31)(H,25,26,27). The van der Waals surface area contributed by atoms with Crippen molar-refractivity contribution < 1.29 is 0 Å². The van der Waals surface area contributed by atoms with Gasteiger partial charge >= 0.3 is 5.69 Å². The highest BCUT2D eigenvalue weighted by Gasteiger charge is 2.15. The van der Waals surface area contributed by atoms with Crippen LogP contribution in [0.5, 0.6) is 0 Å². The summed E-state index contributed by atoms with van der Waals surface area (Å²) in [5, 5.41) is 8.14. The highest BCUT2D eigenvalue weighted by atomic mass is 16.1. The molecule has 3 N–H and O–H groups in total. The monoisotopic (exact) mass is 416 g/mol. The van der Waals surface area contributed by atoms with Crippen LogP contribution in [0.4, 0.5) is 11.5 Å². The zero-order valence-electron chi connectivity index (χ0n) is 17.8. The number of benzene rings is 2. The number of H-pyrrole nitrogens is 1. The molecule has 1 aliphatic carbocycles. The number of nitrogens with zero attached hydrogens (tertiary/aromatic N) is 3. The van der Waals surface area contributed by atoms with Gasteiger partial charge in [-0.25, -0.2) is 14.8 Å². The Labute approximate surface area is 180 Å². The molecule has 5 rings (SSSR count). The van der Waals surface area contributed by atoms with E-state index in [1.54, 1.807) is 10.9 Å². The topological polar surface area (TPSA) is 87.6 Å². The van der Waals surface area contributed by atoms with Crippen molar-refractivity contribution >= 4 is 33.4 Å². The first-order chi connectivity index (χ1) is 15.2. The largest absolute Gasteiger partial charge is 0.382 e. The molecule has 7 nitrogen and oxygen atoms in total. The van der Waals surface area contributed by atoms with Gasteiger partial charge in [-0.2, -0.15) is 0 Å². The summed E-state index contributed by atoms with van der Waals surface area (Å²) in [5.74, 6) is 0.768. The molecule has 31 heavy (non-hydrogen) atoms. The smallest absolute Gasteiger partial charge is 0.326 e. The van der Waals surface area contributed by atoms with Gasteiger partial charge < -0.3 is 15.6 Å². The molecule has 1 aliphatic rings. The van der Waals surface area contributed by atoms with E-state index in [9.17, 15) is 4.79 Å². The van der Waals surface area contributed by atoms with Gasteiger partial charge in [0.2, 0.25) is 0 Å². The number of nitrogens with one attached hydrogen (secondary N) is 3. The lowest BCUT2D eigenvalue weighted by Gasteiger charge is -2.25. The molecule has 2 aromatic carbocycles. The first-order valence-corrected chi connectivity index (χ1v) is 11.2. The average Bonchev–Trinajstić information content (AvgIpc) is 3.11. The van der Waals surface area contributed by atoms with E-state index >= 15 is 0 Å². The van der Waals surface area contributed by atoms with Gasteiger partial charge in [0.1, 0.15) is 12.1 Å². The molecular formula is C24H28N6O. The van der Waals surface area contributed by atoms with Crippen LogP contribution in [0.1, 0.15) is 44.6 Å². The second-order valence-electron chi connectivity index (χ2n) is 8.27. The summed E-state index contributed by atoms with van der Waals surface area (Å²) >= 11 is 0. The summed E-state index contributed by atoms with van der Waals surface area (Å²) in [4.78, 5) is 24.0. The summed E-state index contributed by atoms with van der Waals surface area (Å²) in [7, 11) is 0. The summed E-state index contributed by atoms with van der Waals surface area (Å²) in [5.41, 5.74) is 4.79. The number of aromatic amines is 1. The van der Waals surface area contributed by atoms with Crippen LogP contribution in [-0.4, -0.2) is 25.6 Å². The van der Waals surface area contributed by atoms with Crippen molar-refractivity contribution in [3.05, 3.63) is 58.8 Å². The maximum atomic E-state index is 12.2. The van der Waals surface area contributed by atoms with Crippen molar-refractivity contribution in [3.63, 3.8) is 0 Å². The Morgan fingerprint density at radius 3 is 2.81 bits per heavy atom. The van der Waals surface area contributed by atoms with Crippen LogP contribution in [0.2, 0.25) is 0 Å². The highest BCUT2D eigenvalue weighted by molar-refractivity contribution is 5.98. The van der Waals surface area contributed by atoms with E-state index in [1.165, 1.54) is 43.4 Å². The third-order valence-electron chi connectivity index (χ3n) is 6.28.